The summed E-state index contributed by atoms with van der Waals surface area (Å²) in [6.45, 7) is 7.12. The van der Waals surface area contributed by atoms with Gasteiger partial charge in [-0.15, -0.1) is 6.58 Å². The van der Waals surface area contributed by atoms with Crippen LogP contribution in [0.3, 0.4) is 0 Å². The third kappa shape index (κ3) is 2.86. The largest absolute Gasteiger partial charge is 0.312 e. The average molecular weight is 224 g/mol. The summed E-state index contributed by atoms with van der Waals surface area (Å²) in [5.41, 5.74) is 0.388. The Bertz CT molecular complexity index is 205. The van der Waals surface area contributed by atoms with Crippen molar-refractivity contribution in [2.24, 2.45) is 0 Å². The van der Waals surface area contributed by atoms with Crippen LogP contribution in [0, 0.1) is 0 Å². The first-order chi connectivity index (χ1) is 7.67. The third-order valence-corrected chi connectivity index (χ3v) is 4.12. The summed E-state index contributed by atoms with van der Waals surface area (Å²) in [7, 11) is 4.48. The second-order valence-electron chi connectivity index (χ2n) is 5.18. The molecule has 1 aliphatic carbocycles. The lowest BCUT2D eigenvalue weighted by atomic mass is 9.84. The quantitative estimate of drug-likeness (QED) is 0.669. The van der Waals surface area contributed by atoms with Crippen LogP contribution in [-0.4, -0.2) is 37.1 Å². The first-order valence-corrected chi connectivity index (χ1v) is 6.69. The van der Waals surface area contributed by atoms with Crippen molar-refractivity contribution in [1.29, 1.82) is 0 Å². The maximum atomic E-state index is 3.85. The molecule has 1 saturated carbocycles. The van der Waals surface area contributed by atoms with Gasteiger partial charge in [0.05, 0.1) is 0 Å². The molecule has 2 nitrogen and oxygen atoms in total. The van der Waals surface area contributed by atoms with Crippen molar-refractivity contribution in [2.75, 3.05) is 20.6 Å². The van der Waals surface area contributed by atoms with E-state index in [4.69, 9.17) is 0 Å². The minimum atomic E-state index is 0.388. The zero-order chi connectivity index (χ0) is 12.0. The Morgan fingerprint density at radius 3 is 2.44 bits per heavy atom. The molecule has 1 N–H and O–H groups in total. The Labute approximate surface area is 101 Å². The predicted molar refractivity (Wildman–Crippen MR) is 71.8 cm³/mol. The molecular weight excluding hydrogens is 196 g/mol. The highest BCUT2D eigenvalue weighted by Crippen LogP contribution is 2.38. The van der Waals surface area contributed by atoms with Crippen LogP contribution in [0.25, 0.3) is 0 Å². The number of likely N-dealkylation sites (N-methyl/N-ethyl adjacent to an activating group) is 2. The minimum absolute atomic E-state index is 0.388. The van der Waals surface area contributed by atoms with Gasteiger partial charge in [-0.1, -0.05) is 25.8 Å². The topological polar surface area (TPSA) is 15.3 Å². The lowest BCUT2D eigenvalue weighted by molar-refractivity contribution is 0.101. The first-order valence-electron chi connectivity index (χ1n) is 6.69. The van der Waals surface area contributed by atoms with Gasteiger partial charge in [0.15, 0.2) is 0 Å². The van der Waals surface area contributed by atoms with Gasteiger partial charge in [0.25, 0.3) is 0 Å². The Hall–Kier alpha value is -0.340. The van der Waals surface area contributed by atoms with Crippen LogP contribution in [0.5, 0.6) is 0 Å². The molecule has 1 rings (SSSR count). The Morgan fingerprint density at radius 1 is 1.38 bits per heavy atom. The van der Waals surface area contributed by atoms with E-state index in [1.807, 2.05) is 6.08 Å². The summed E-state index contributed by atoms with van der Waals surface area (Å²) in [6.07, 6.45) is 9.83. The molecular formula is C14H28N2. The highest BCUT2D eigenvalue weighted by atomic mass is 15.2. The molecule has 0 heterocycles. The van der Waals surface area contributed by atoms with Gasteiger partial charge in [-0.05, 0) is 46.3 Å². The predicted octanol–water partition coefficient (Wildman–Crippen LogP) is 2.81. The Kier molecular flexibility index (Phi) is 5.50. The molecule has 94 valence electrons. The van der Waals surface area contributed by atoms with E-state index in [1.54, 1.807) is 0 Å². The number of nitrogens with zero attached hydrogens (tertiary/aromatic N) is 1. The average Bonchev–Trinajstić information content (AvgIpc) is 2.74. The van der Waals surface area contributed by atoms with Gasteiger partial charge in [0.2, 0.25) is 0 Å². The summed E-state index contributed by atoms with van der Waals surface area (Å²) in [6, 6.07) is 0.619. The van der Waals surface area contributed by atoms with E-state index in [0.29, 0.717) is 11.6 Å². The van der Waals surface area contributed by atoms with Gasteiger partial charge in [0.1, 0.15) is 0 Å². The van der Waals surface area contributed by atoms with E-state index in [-0.39, 0.29) is 0 Å². The summed E-state index contributed by atoms with van der Waals surface area (Å²) in [5, 5.41) is 3.69. The second kappa shape index (κ2) is 6.41. The SMILES string of the molecule is C=CCCC(NCC)C1(N(C)C)CCCC1. The van der Waals surface area contributed by atoms with Crippen LogP contribution >= 0.6 is 0 Å². The van der Waals surface area contributed by atoms with Gasteiger partial charge >= 0.3 is 0 Å². The standard InChI is InChI=1S/C14H28N2/c1-5-7-10-13(15-6-2)14(16(3)4)11-8-9-12-14/h5,13,15H,1,6-12H2,2-4H3. The molecule has 1 atom stereocenters. The zero-order valence-corrected chi connectivity index (χ0v) is 11.3. The molecule has 0 amide bonds. The molecule has 0 aromatic rings. The lowest BCUT2D eigenvalue weighted by Gasteiger charge is -2.44. The van der Waals surface area contributed by atoms with Crippen molar-refractivity contribution in [3.05, 3.63) is 12.7 Å². The van der Waals surface area contributed by atoms with Crippen molar-refractivity contribution in [2.45, 2.75) is 57.0 Å². The Balaban J connectivity index is 2.73. The van der Waals surface area contributed by atoms with Gasteiger partial charge in [-0.25, -0.2) is 0 Å². The van der Waals surface area contributed by atoms with E-state index < -0.39 is 0 Å². The number of rotatable bonds is 7. The van der Waals surface area contributed by atoms with Crippen LogP contribution < -0.4 is 5.32 Å². The maximum Gasteiger partial charge on any atom is 0.0356 e. The lowest BCUT2D eigenvalue weighted by Crippen LogP contribution is -2.57. The van der Waals surface area contributed by atoms with Crippen molar-refractivity contribution in [1.82, 2.24) is 10.2 Å². The van der Waals surface area contributed by atoms with E-state index in [2.05, 4.69) is 37.8 Å². The van der Waals surface area contributed by atoms with Gasteiger partial charge < -0.3 is 10.2 Å². The molecule has 0 spiro atoms. The van der Waals surface area contributed by atoms with Gasteiger partial charge in [-0.2, -0.15) is 0 Å². The summed E-state index contributed by atoms with van der Waals surface area (Å²) in [4.78, 5) is 2.45. The van der Waals surface area contributed by atoms with E-state index in [9.17, 15) is 0 Å². The number of allylic oxidation sites excluding steroid dienone is 1. The molecule has 0 bridgehead atoms. The smallest absolute Gasteiger partial charge is 0.0356 e. The van der Waals surface area contributed by atoms with Crippen molar-refractivity contribution >= 4 is 0 Å². The van der Waals surface area contributed by atoms with E-state index >= 15 is 0 Å². The zero-order valence-electron chi connectivity index (χ0n) is 11.3. The van der Waals surface area contributed by atoms with Crippen LogP contribution in [-0.2, 0) is 0 Å². The number of nitrogens with one attached hydrogen (secondary N) is 1. The molecule has 1 fully saturated rings. The Morgan fingerprint density at radius 2 is 2.00 bits per heavy atom. The van der Waals surface area contributed by atoms with E-state index in [1.165, 1.54) is 32.1 Å². The molecule has 0 aromatic heterocycles. The molecule has 1 aliphatic rings. The molecule has 0 aromatic carbocycles. The van der Waals surface area contributed by atoms with Crippen molar-refractivity contribution < 1.29 is 0 Å². The molecule has 0 aliphatic heterocycles. The van der Waals surface area contributed by atoms with Gasteiger partial charge in [-0.3, -0.25) is 0 Å². The van der Waals surface area contributed by atoms with Crippen LogP contribution in [0.1, 0.15) is 45.4 Å². The third-order valence-electron chi connectivity index (χ3n) is 4.12. The second-order valence-corrected chi connectivity index (χ2v) is 5.18. The highest BCUT2D eigenvalue weighted by molar-refractivity contribution is 5.02. The van der Waals surface area contributed by atoms with Gasteiger partial charge in [0, 0.05) is 11.6 Å². The van der Waals surface area contributed by atoms with Crippen LogP contribution in [0.4, 0.5) is 0 Å². The number of hydrogen-bond acceptors (Lipinski definition) is 2. The first kappa shape index (κ1) is 13.7. The fourth-order valence-electron chi connectivity index (χ4n) is 3.19. The van der Waals surface area contributed by atoms with Crippen molar-refractivity contribution in [3.63, 3.8) is 0 Å². The monoisotopic (exact) mass is 224 g/mol. The molecule has 1 unspecified atom stereocenters. The fourth-order valence-corrected chi connectivity index (χ4v) is 3.19. The minimum Gasteiger partial charge on any atom is -0.312 e. The maximum absolute atomic E-state index is 3.85. The van der Waals surface area contributed by atoms with Crippen LogP contribution in [0.15, 0.2) is 12.7 Å². The number of hydrogen-bond donors (Lipinski definition) is 1. The molecule has 0 saturated heterocycles. The molecule has 16 heavy (non-hydrogen) atoms. The summed E-state index contributed by atoms with van der Waals surface area (Å²) >= 11 is 0. The molecule has 2 heteroatoms. The normalized spacial score (nSPS) is 21.2. The van der Waals surface area contributed by atoms with Crippen molar-refractivity contribution in [3.8, 4) is 0 Å². The summed E-state index contributed by atoms with van der Waals surface area (Å²) in [5.74, 6) is 0. The van der Waals surface area contributed by atoms with E-state index in [0.717, 1.165) is 13.0 Å². The molecule has 0 radical (unpaired) electrons. The highest BCUT2D eigenvalue weighted by Gasteiger charge is 2.42. The fraction of sp³-hybridized carbons (Fsp3) is 0.857. The van der Waals surface area contributed by atoms with Crippen LogP contribution in [0.2, 0.25) is 0 Å². The summed E-state index contributed by atoms with van der Waals surface area (Å²) < 4.78 is 0.